The van der Waals surface area contributed by atoms with Gasteiger partial charge < -0.3 is 5.32 Å². The highest BCUT2D eigenvalue weighted by Crippen LogP contribution is 2.14. The number of aryl methyl sites for hydroxylation is 2. The molecule has 26 heavy (non-hydrogen) atoms. The number of ketones is 1. The number of aromatic nitrogens is 1. The van der Waals surface area contributed by atoms with E-state index in [-0.39, 0.29) is 18.1 Å². The molecule has 0 aliphatic carbocycles. The average molecular weight is 344 g/mol. The van der Waals surface area contributed by atoms with Crippen molar-refractivity contribution < 1.29 is 9.59 Å². The van der Waals surface area contributed by atoms with Crippen LogP contribution in [0, 0.1) is 13.8 Å². The maximum Gasteiger partial charge on any atom is 0.256 e. The SMILES string of the molecule is Cc1cc(C)cc(C(=O)Cc2ccnc(NC(=O)c3ccccc3)c2)c1. The van der Waals surface area contributed by atoms with E-state index in [1.165, 1.54) is 0 Å². The smallest absolute Gasteiger partial charge is 0.256 e. The molecule has 0 saturated heterocycles. The molecule has 0 aliphatic heterocycles. The number of benzene rings is 2. The molecule has 130 valence electrons. The van der Waals surface area contributed by atoms with E-state index in [1.807, 2.05) is 38.1 Å². The molecule has 1 aromatic heterocycles. The summed E-state index contributed by atoms with van der Waals surface area (Å²) in [6, 6.07) is 18.3. The lowest BCUT2D eigenvalue weighted by molar-refractivity contribution is 0.0991. The number of hydrogen-bond donors (Lipinski definition) is 1. The molecular weight excluding hydrogens is 324 g/mol. The highest BCUT2D eigenvalue weighted by molar-refractivity contribution is 6.04. The topological polar surface area (TPSA) is 59.1 Å². The quantitative estimate of drug-likeness (QED) is 0.699. The zero-order valence-corrected chi connectivity index (χ0v) is 14.8. The normalized spacial score (nSPS) is 10.4. The molecule has 0 bridgehead atoms. The number of anilines is 1. The van der Waals surface area contributed by atoms with Crippen molar-refractivity contribution in [2.75, 3.05) is 5.32 Å². The average Bonchev–Trinajstić information content (AvgIpc) is 2.62. The Morgan fingerprint density at radius 3 is 2.27 bits per heavy atom. The van der Waals surface area contributed by atoms with E-state index in [4.69, 9.17) is 0 Å². The molecule has 1 N–H and O–H groups in total. The third-order valence-corrected chi connectivity index (χ3v) is 4.01. The number of carbonyl (C=O) groups is 2. The van der Waals surface area contributed by atoms with Crippen molar-refractivity contribution in [3.8, 4) is 0 Å². The van der Waals surface area contributed by atoms with Crippen molar-refractivity contribution in [2.45, 2.75) is 20.3 Å². The molecule has 1 heterocycles. The lowest BCUT2D eigenvalue weighted by atomic mass is 10.00. The number of hydrogen-bond acceptors (Lipinski definition) is 3. The van der Waals surface area contributed by atoms with Crippen LogP contribution in [0.15, 0.2) is 66.9 Å². The van der Waals surface area contributed by atoms with Gasteiger partial charge in [0.2, 0.25) is 0 Å². The van der Waals surface area contributed by atoms with Crippen LogP contribution in [0.5, 0.6) is 0 Å². The summed E-state index contributed by atoms with van der Waals surface area (Å²) < 4.78 is 0. The molecule has 0 saturated carbocycles. The fraction of sp³-hybridized carbons (Fsp3) is 0.136. The molecule has 2 aromatic carbocycles. The van der Waals surface area contributed by atoms with Gasteiger partial charge in [-0.1, -0.05) is 35.4 Å². The Hall–Kier alpha value is -3.27. The zero-order chi connectivity index (χ0) is 18.5. The number of carbonyl (C=O) groups excluding carboxylic acids is 2. The van der Waals surface area contributed by atoms with Gasteiger partial charge in [-0.2, -0.15) is 0 Å². The first-order chi connectivity index (χ1) is 12.5. The minimum absolute atomic E-state index is 0.0448. The first-order valence-corrected chi connectivity index (χ1v) is 8.44. The van der Waals surface area contributed by atoms with Crippen LogP contribution in [0.2, 0.25) is 0 Å². The molecule has 3 rings (SSSR count). The Kier molecular flexibility index (Phi) is 5.23. The van der Waals surface area contributed by atoms with E-state index in [0.29, 0.717) is 16.9 Å². The second kappa shape index (κ2) is 7.74. The van der Waals surface area contributed by atoms with Gasteiger partial charge in [0.1, 0.15) is 5.82 Å². The van der Waals surface area contributed by atoms with Crippen LogP contribution in [0.4, 0.5) is 5.82 Å². The maximum absolute atomic E-state index is 12.6. The number of Topliss-reactive ketones (excluding diaryl/α,β-unsaturated/α-hetero) is 1. The molecule has 4 heteroatoms. The molecule has 4 nitrogen and oxygen atoms in total. The number of rotatable bonds is 5. The van der Waals surface area contributed by atoms with Crippen molar-refractivity contribution in [1.82, 2.24) is 4.98 Å². The molecule has 0 unspecified atom stereocenters. The van der Waals surface area contributed by atoms with Crippen LogP contribution in [0.25, 0.3) is 0 Å². The lowest BCUT2D eigenvalue weighted by Gasteiger charge is -2.07. The van der Waals surface area contributed by atoms with Crippen molar-refractivity contribution >= 4 is 17.5 Å². The third-order valence-electron chi connectivity index (χ3n) is 4.01. The minimum atomic E-state index is -0.226. The fourth-order valence-corrected chi connectivity index (χ4v) is 2.85. The molecule has 0 radical (unpaired) electrons. The van der Waals surface area contributed by atoms with Gasteiger partial charge >= 0.3 is 0 Å². The summed E-state index contributed by atoms with van der Waals surface area (Å²) in [6.07, 6.45) is 1.87. The third kappa shape index (κ3) is 4.42. The maximum atomic E-state index is 12.6. The Labute approximate surface area is 152 Å². The second-order valence-corrected chi connectivity index (χ2v) is 6.35. The van der Waals surface area contributed by atoms with Gasteiger partial charge in [-0.05, 0) is 55.8 Å². The summed E-state index contributed by atoms with van der Waals surface area (Å²) >= 11 is 0. The van der Waals surface area contributed by atoms with Crippen LogP contribution in [-0.4, -0.2) is 16.7 Å². The largest absolute Gasteiger partial charge is 0.307 e. The van der Waals surface area contributed by atoms with Crippen molar-refractivity contribution in [3.05, 3.63) is 94.7 Å². The minimum Gasteiger partial charge on any atom is -0.307 e. The first-order valence-electron chi connectivity index (χ1n) is 8.44. The Morgan fingerprint density at radius 1 is 0.885 bits per heavy atom. The first kappa shape index (κ1) is 17.5. The summed E-state index contributed by atoms with van der Waals surface area (Å²) in [5, 5.41) is 2.77. The van der Waals surface area contributed by atoms with Gasteiger partial charge in [0.15, 0.2) is 5.78 Å². The van der Waals surface area contributed by atoms with Gasteiger partial charge in [-0.25, -0.2) is 4.98 Å². The van der Waals surface area contributed by atoms with E-state index in [9.17, 15) is 9.59 Å². The Morgan fingerprint density at radius 2 is 1.58 bits per heavy atom. The van der Waals surface area contributed by atoms with E-state index < -0.39 is 0 Å². The summed E-state index contributed by atoms with van der Waals surface area (Å²) in [6.45, 7) is 3.96. The summed E-state index contributed by atoms with van der Waals surface area (Å²) in [5.41, 5.74) is 4.21. The van der Waals surface area contributed by atoms with Gasteiger partial charge in [0.05, 0.1) is 0 Å². The Bertz CT molecular complexity index is 929. The van der Waals surface area contributed by atoms with Gasteiger partial charge in [0.25, 0.3) is 5.91 Å². The molecule has 1 amide bonds. The van der Waals surface area contributed by atoms with Gasteiger partial charge in [-0.3, -0.25) is 9.59 Å². The van der Waals surface area contributed by atoms with Crippen molar-refractivity contribution in [3.63, 3.8) is 0 Å². The van der Waals surface area contributed by atoms with Crippen LogP contribution >= 0.6 is 0 Å². The summed E-state index contributed by atoms with van der Waals surface area (Å²) in [4.78, 5) is 29.0. The zero-order valence-electron chi connectivity index (χ0n) is 14.8. The highest BCUT2D eigenvalue weighted by Gasteiger charge is 2.11. The van der Waals surface area contributed by atoms with Gasteiger partial charge in [0, 0.05) is 23.7 Å². The van der Waals surface area contributed by atoms with E-state index in [1.54, 1.807) is 42.6 Å². The summed E-state index contributed by atoms with van der Waals surface area (Å²) in [5.74, 6) is 0.254. The van der Waals surface area contributed by atoms with Crippen LogP contribution in [0.1, 0.15) is 37.4 Å². The predicted octanol–water partition coefficient (Wildman–Crippen LogP) is 4.38. The predicted molar refractivity (Wildman–Crippen MR) is 103 cm³/mol. The standard InChI is InChI=1S/C22H20N2O2/c1-15-10-16(2)12-19(11-15)20(25)13-17-8-9-23-21(14-17)24-22(26)18-6-4-3-5-7-18/h3-12,14H,13H2,1-2H3,(H,23,24,26). The lowest BCUT2D eigenvalue weighted by Crippen LogP contribution is -2.13. The van der Waals surface area contributed by atoms with Crippen molar-refractivity contribution in [1.29, 1.82) is 0 Å². The van der Waals surface area contributed by atoms with Crippen molar-refractivity contribution in [2.24, 2.45) is 0 Å². The second-order valence-electron chi connectivity index (χ2n) is 6.35. The van der Waals surface area contributed by atoms with Crippen LogP contribution < -0.4 is 5.32 Å². The van der Waals surface area contributed by atoms with Crippen LogP contribution in [-0.2, 0) is 6.42 Å². The Balaban J connectivity index is 1.73. The van der Waals surface area contributed by atoms with E-state index >= 15 is 0 Å². The summed E-state index contributed by atoms with van der Waals surface area (Å²) in [7, 11) is 0. The number of amides is 1. The molecular formula is C22H20N2O2. The van der Waals surface area contributed by atoms with Crippen LogP contribution in [0.3, 0.4) is 0 Å². The van der Waals surface area contributed by atoms with E-state index in [0.717, 1.165) is 16.7 Å². The number of pyridine rings is 1. The number of nitrogens with one attached hydrogen (secondary N) is 1. The molecule has 0 spiro atoms. The monoisotopic (exact) mass is 344 g/mol. The number of nitrogens with zero attached hydrogens (tertiary/aromatic N) is 1. The molecule has 0 fully saturated rings. The van der Waals surface area contributed by atoms with E-state index in [2.05, 4.69) is 10.3 Å². The fourth-order valence-electron chi connectivity index (χ4n) is 2.85. The molecule has 0 aliphatic rings. The van der Waals surface area contributed by atoms with Gasteiger partial charge in [-0.15, -0.1) is 0 Å². The molecule has 3 aromatic rings. The highest BCUT2D eigenvalue weighted by atomic mass is 16.1. The molecule has 0 atom stereocenters.